The summed E-state index contributed by atoms with van der Waals surface area (Å²) in [5.41, 5.74) is 0. The Balaban J connectivity index is -0.000000132. The Labute approximate surface area is 141 Å². The third kappa shape index (κ3) is 32.5. The Morgan fingerprint density at radius 2 is 0.704 bits per heavy atom. The average Bonchev–Trinajstić information content (AvgIpc) is 2.42. The van der Waals surface area contributed by atoms with Crippen LogP contribution in [0, 0.1) is 0 Å². The molecule has 0 amide bonds. The third-order valence-corrected chi connectivity index (χ3v) is 1.14. The smallest absolute Gasteiger partial charge is 0.243 e. The minimum absolute atomic E-state index is 0.188. The van der Waals surface area contributed by atoms with Crippen LogP contribution in [0.4, 0.5) is 70.2 Å². The molecule has 0 heterocycles. The zero-order valence-corrected chi connectivity index (χ0v) is 13.0. The van der Waals surface area contributed by atoms with Gasteiger partial charge in [0.05, 0.1) is 0 Å². The summed E-state index contributed by atoms with van der Waals surface area (Å²) in [6, 6.07) is 0. The summed E-state index contributed by atoms with van der Waals surface area (Å²) in [6.45, 7) is -3.44. The van der Waals surface area contributed by atoms with Crippen LogP contribution >= 0.6 is 0 Å². The molecule has 0 N–H and O–H groups in total. The molecule has 0 aliphatic carbocycles. The summed E-state index contributed by atoms with van der Waals surface area (Å²) < 4.78 is 172. The van der Waals surface area contributed by atoms with Gasteiger partial charge in [0.1, 0.15) is 13.3 Å². The molecule has 0 saturated heterocycles. The van der Waals surface area contributed by atoms with Gasteiger partial charge in [-0.3, -0.25) is 0 Å². The molecule has 0 aromatic heterocycles. The molecule has 0 nitrogen and oxygen atoms in total. The Bertz CT molecular complexity index is 385. The van der Waals surface area contributed by atoms with Gasteiger partial charge in [0, 0.05) is 13.8 Å². The number of allylic oxidation sites excluding steroid dienone is 2. The summed E-state index contributed by atoms with van der Waals surface area (Å²) in [6.07, 6.45) is -14.6. The van der Waals surface area contributed by atoms with Crippen LogP contribution in [0.2, 0.25) is 0 Å². The highest BCUT2D eigenvalue weighted by Crippen LogP contribution is 2.34. The first-order valence-electron chi connectivity index (χ1n) is 5.64. The molecule has 0 aromatic carbocycles. The van der Waals surface area contributed by atoms with E-state index in [1.54, 1.807) is 0 Å². The zero-order valence-electron chi connectivity index (χ0n) is 13.0. The minimum Gasteiger partial charge on any atom is -0.243 e. The first-order valence-corrected chi connectivity index (χ1v) is 5.64. The van der Waals surface area contributed by atoms with Gasteiger partial charge in [-0.25, -0.2) is 17.6 Å². The quantitative estimate of drug-likeness (QED) is 0.379. The van der Waals surface area contributed by atoms with Crippen molar-refractivity contribution in [1.29, 1.82) is 0 Å². The van der Waals surface area contributed by atoms with Gasteiger partial charge in [0.2, 0.25) is 0 Å². The zero-order chi connectivity index (χ0) is 23.2. The molecule has 0 radical (unpaired) electrons. The van der Waals surface area contributed by atoms with E-state index in [1.165, 1.54) is 0 Å². The predicted octanol–water partition coefficient (Wildman–Crippen LogP) is 7.84. The monoisotopic (exact) mass is 446 g/mol. The van der Waals surface area contributed by atoms with Crippen molar-refractivity contribution in [2.45, 2.75) is 32.1 Å². The molecule has 27 heavy (non-hydrogen) atoms. The van der Waals surface area contributed by atoms with Crippen molar-refractivity contribution in [3.63, 3.8) is 0 Å². The van der Waals surface area contributed by atoms with Crippen LogP contribution in [-0.2, 0) is 0 Å². The Kier molecular flexibility index (Phi) is 17.6. The van der Waals surface area contributed by atoms with Crippen LogP contribution in [0.3, 0.4) is 0 Å². The fraction of sp³-hybridized carbons (Fsp3) is 0.636. The molecular formula is C11H10F16. The normalized spacial score (nSPS) is 10.9. The molecule has 0 atom stereocenters. The second-order valence-electron chi connectivity index (χ2n) is 3.77. The van der Waals surface area contributed by atoms with Gasteiger partial charge in [-0.05, 0) is 0 Å². The maximum atomic E-state index is 11.1. The van der Waals surface area contributed by atoms with E-state index in [9.17, 15) is 70.2 Å². The molecular weight excluding hydrogens is 436 g/mol. The largest absolute Gasteiger partial charge is 0.452 e. The topological polar surface area (TPSA) is 0 Å². The maximum absolute atomic E-state index is 11.1. The van der Waals surface area contributed by atoms with E-state index in [1.807, 2.05) is 0 Å². The number of halogens is 16. The summed E-state index contributed by atoms with van der Waals surface area (Å²) in [4.78, 5) is 0. The molecule has 166 valence electrons. The van der Waals surface area contributed by atoms with E-state index < -0.39 is 55.4 Å². The SMILES string of the molecule is CC(F)(F)C(F)(F)F.CC(F)(F)F.FCC(F)=C(F)F.FCC(F)=C(F)F. The summed E-state index contributed by atoms with van der Waals surface area (Å²) in [5, 5.41) is 0. The first-order chi connectivity index (χ1) is 11.6. The van der Waals surface area contributed by atoms with Crippen LogP contribution in [-0.4, -0.2) is 31.6 Å². The summed E-state index contributed by atoms with van der Waals surface area (Å²) in [7, 11) is 0. The first kappa shape index (κ1) is 33.0. The van der Waals surface area contributed by atoms with Crippen LogP contribution in [0.15, 0.2) is 23.8 Å². The van der Waals surface area contributed by atoms with Gasteiger partial charge in [0.15, 0.2) is 11.7 Å². The lowest BCUT2D eigenvalue weighted by molar-refractivity contribution is -0.273. The molecule has 0 aromatic rings. The van der Waals surface area contributed by atoms with Crippen molar-refractivity contribution in [2.24, 2.45) is 0 Å². The van der Waals surface area contributed by atoms with Gasteiger partial charge >= 0.3 is 30.4 Å². The van der Waals surface area contributed by atoms with E-state index in [0.29, 0.717) is 0 Å². The molecule has 0 bridgehead atoms. The molecule has 0 fully saturated rings. The summed E-state index contributed by atoms with van der Waals surface area (Å²) >= 11 is 0. The summed E-state index contributed by atoms with van der Waals surface area (Å²) in [5.74, 6) is -8.53. The Hall–Kier alpha value is -1.64. The molecule has 16 heteroatoms. The lowest BCUT2D eigenvalue weighted by atomic mass is 10.4. The fourth-order valence-electron chi connectivity index (χ4n) is 0.101. The van der Waals surface area contributed by atoms with Crippen molar-refractivity contribution in [2.75, 3.05) is 13.3 Å². The third-order valence-electron chi connectivity index (χ3n) is 1.14. The van der Waals surface area contributed by atoms with Crippen LogP contribution in [0.5, 0.6) is 0 Å². The van der Waals surface area contributed by atoms with Gasteiger partial charge in [-0.15, -0.1) is 0 Å². The van der Waals surface area contributed by atoms with Crippen molar-refractivity contribution in [3.05, 3.63) is 23.8 Å². The van der Waals surface area contributed by atoms with E-state index >= 15 is 0 Å². The van der Waals surface area contributed by atoms with Crippen molar-refractivity contribution in [3.8, 4) is 0 Å². The molecule has 0 rings (SSSR count). The highest BCUT2D eigenvalue weighted by molar-refractivity contribution is 4.90. The molecule has 0 saturated carbocycles. The van der Waals surface area contributed by atoms with Crippen molar-refractivity contribution in [1.82, 2.24) is 0 Å². The Morgan fingerprint density at radius 1 is 0.556 bits per heavy atom. The van der Waals surface area contributed by atoms with Gasteiger partial charge in [0.25, 0.3) is 0 Å². The molecule has 0 aliphatic rings. The average molecular weight is 446 g/mol. The number of alkyl halides is 10. The molecule has 0 aliphatic heterocycles. The molecule has 0 spiro atoms. The van der Waals surface area contributed by atoms with E-state index in [0.717, 1.165) is 0 Å². The second-order valence-corrected chi connectivity index (χ2v) is 3.77. The van der Waals surface area contributed by atoms with Crippen molar-refractivity contribution < 1.29 is 70.2 Å². The number of rotatable bonds is 2. The predicted molar refractivity (Wildman–Crippen MR) is 61.1 cm³/mol. The van der Waals surface area contributed by atoms with Crippen LogP contribution < -0.4 is 0 Å². The van der Waals surface area contributed by atoms with Gasteiger partial charge < -0.3 is 0 Å². The lowest BCUT2D eigenvalue weighted by Gasteiger charge is -2.12. The minimum atomic E-state index is -5.40. The van der Waals surface area contributed by atoms with Gasteiger partial charge in [-0.1, -0.05) is 0 Å². The van der Waals surface area contributed by atoms with E-state index in [2.05, 4.69) is 0 Å². The fourth-order valence-corrected chi connectivity index (χ4v) is 0.101. The molecule has 0 unspecified atom stereocenters. The maximum Gasteiger partial charge on any atom is 0.452 e. The van der Waals surface area contributed by atoms with Gasteiger partial charge in [-0.2, -0.15) is 52.7 Å². The highest BCUT2D eigenvalue weighted by atomic mass is 19.4. The number of hydrogen-bond acceptors (Lipinski definition) is 0. The van der Waals surface area contributed by atoms with E-state index in [-0.39, 0.29) is 13.8 Å². The van der Waals surface area contributed by atoms with E-state index in [4.69, 9.17) is 0 Å². The number of hydrogen-bond donors (Lipinski definition) is 0. The Morgan fingerprint density at radius 3 is 0.704 bits per heavy atom. The van der Waals surface area contributed by atoms with Crippen LogP contribution in [0.25, 0.3) is 0 Å². The standard InChI is InChI=1S/C3H3F5.2C3H2F4.C2H3F3/c1-2(4,5)3(6,7)8;2*4-1-2(5)3(6)7;1-2(3,4)5/h1H3;2*1H2;1H3. The highest BCUT2D eigenvalue weighted by Gasteiger charge is 2.53. The lowest BCUT2D eigenvalue weighted by Crippen LogP contribution is -2.32. The van der Waals surface area contributed by atoms with Crippen molar-refractivity contribution >= 4 is 0 Å². The van der Waals surface area contributed by atoms with Crippen LogP contribution in [0.1, 0.15) is 13.8 Å². The second kappa shape index (κ2) is 14.4.